The van der Waals surface area contributed by atoms with Gasteiger partial charge in [-0.05, 0) is 54.3 Å². The van der Waals surface area contributed by atoms with Crippen LogP contribution in [0, 0.1) is 10.1 Å². The van der Waals surface area contributed by atoms with E-state index in [0.29, 0.717) is 10.6 Å². The van der Waals surface area contributed by atoms with Crippen LogP contribution < -0.4 is 9.62 Å². The standard InChI is InChI=1S/C35H35ClN4O6S/c36-28-14-9-13-27(21-28)24-38(33(22-26-11-3-1-4-12-26)35(42)37-29-15-7-8-16-29)34(41)25-39(30-17-10-18-31(23-30)40(43)44)47(45,46)32-19-5-2-6-20-32/h1-6,9-14,17-21,23,29,33H,7-8,15-16,22,24-25H2,(H,37,42). The van der Waals surface area contributed by atoms with E-state index in [1.807, 2.05) is 30.3 Å². The molecule has 1 unspecified atom stereocenters. The topological polar surface area (TPSA) is 130 Å². The lowest BCUT2D eigenvalue weighted by Gasteiger charge is -2.34. The Morgan fingerprint density at radius 1 is 0.872 bits per heavy atom. The summed E-state index contributed by atoms with van der Waals surface area (Å²) in [7, 11) is -4.39. The molecule has 0 saturated heterocycles. The Hall–Kier alpha value is -4.74. The second-order valence-electron chi connectivity index (χ2n) is 11.4. The van der Waals surface area contributed by atoms with Crippen molar-refractivity contribution in [2.75, 3.05) is 10.8 Å². The van der Waals surface area contributed by atoms with Crippen molar-refractivity contribution in [2.24, 2.45) is 0 Å². The van der Waals surface area contributed by atoms with Crippen molar-refractivity contribution >= 4 is 44.8 Å². The Balaban J connectivity index is 1.58. The number of rotatable bonds is 13. The molecule has 2 amide bonds. The molecule has 5 rings (SSSR count). The van der Waals surface area contributed by atoms with E-state index in [2.05, 4.69) is 5.32 Å². The van der Waals surface area contributed by atoms with Gasteiger partial charge in [-0.1, -0.05) is 91.2 Å². The van der Waals surface area contributed by atoms with E-state index >= 15 is 0 Å². The second-order valence-corrected chi connectivity index (χ2v) is 13.7. The van der Waals surface area contributed by atoms with E-state index < -0.39 is 33.4 Å². The zero-order chi connectivity index (χ0) is 33.4. The van der Waals surface area contributed by atoms with Crippen molar-refractivity contribution in [1.29, 1.82) is 0 Å². The van der Waals surface area contributed by atoms with Crippen molar-refractivity contribution < 1.29 is 22.9 Å². The number of carbonyl (C=O) groups is 2. The first-order valence-corrected chi connectivity index (χ1v) is 17.1. The maximum absolute atomic E-state index is 14.6. The average molecular weight is 675 g/mol. The number of hydrogen-bond donors (Lipinski definition) is 1. The van der Waals surface area contributed by atoms with Crippen molar-refractivity contribution in [3.05, 3.63) is 135 Å². The van der Waals surface area contributed by atoms with Crippen LogP contribution in [-0.2, 0) is 32.6 Å². The molecular formula is C35H35ClN4O6S. The van der Waals surface area contributed by atoms with Gasteiger partial charge in [0.2, 0.25) is 11.8 Å². The number of nitrogens with one attached hydrogen (secondary N) is 1. The molecule has 0 radical (unpaired) electrons. The molecule has 0 spiro atoms. The number of sulfonamides is 1. The monoisotopic (exact) mass is 674 g/mol. The van der Waals surface area contributed by atoms with Gasteiger partial charge in [0.1, 0.15) is 12.6 Å². The van der Waals surface area contributed by atoms with Gasteiger partial charge < -0.3 is 10.2 Å². The smallest absolute Gasteiger partial charge is 0.271 e. The Morgan fingerprint density at radius 3 is 2.17 bits per heavy atom. The van der Waals surface area contributed by atoms with Crippen LogP contribution >= 0.6 is 11.6 Å². The summed E-state index contributed by atoms with van der Waals surface area (Å²) in [4.78, 5) is 40.9. The van der Waals surface area contributed by atoms with E-state index in [9.17, 15) is 28.1 Å². The third-order valence-corrected chi connectivity index (χ3v) is 10.2. The quantitative estimate of drug-likeness (QED) is 0.134. The molecule has 0 heterocycles. The summed E-state index contributed by atoms with van der Waals surface area (Å²) in [6.07, 6.45) is 3.84. The van der Waals surface area contributed by atoms with E-state index in [-0.39, 0.29) is 41.2 Å². The minimum atomic E-state index is -4.39. The number of carbonyl (C=O) groups excluding carboxylic acids is 2. The molecule has 1 atom stereocenters. The highest BCUT2D eigenvalue weighted by molar-refractivity contribution is 7.92. The summed E-state index contributed by atoms with van der Waals surface area (Å²) in [5, 5.41) is 15.2. The third-order valence-electron chi connectivity index (χ3n) is 8.15. The Labute approximate surface area is 279 Å². The summed E-state index contributed by atoms with van der Waals surface area (Å²) in [5.41, 5.74) is 1.06. The molecule has 1 N–H and O–H groups in total. The molecule has 1 aliphatic carbocycles. The van der Waals surface area contributed by atoms with Crippen molar-refractivity contribution in [3.63, 3.8) is 0 Å². The third kappa shape index (κ3) is 8.55. The van der Waals surface area contributed by atoms with Crippen LogP contribution in [0.15, 0.2) is 114 Å². The van der Waals surface area contributed by atoms with Crippen LogP contribution in [0.3, 0.4) is 0 Å². The predicted octanol–water partition coefficient (Wildman–Crippen LogP) is 6.14. The minimum Gasteiger partial charge on any atom is -0.352 e. The fraction of sp³-hybridized carbons (Fsp3) is 0.257. The molecule has 0 aromatic heterocycles. The molecule has 244 valence electrons. The highest BCUT2D eigenvalue weighted by Gasteiger charge is 2.36. The summed E-state index contributed by atoms with van der Waals surface area (Å²) < 4.78 is 29.0. The lowest BCUT2D eigenvalue weighted by Crippen LogP contribution is -2.54. The second kappa shape index (κ2) is 15.2. The zero-order valence-corrected chi connectivity index (χ0v) is 27.1. The van der Waals surface area contributed by atoms with Gasteiger partial charge in [0, 0.05) is 36.2 Å². The molecule has 1 fully saturated rings. The summed E-state index contributed by atoms with van der Waals surface area (Å²) in [5.74, 6) is -1.01. The van der Waals surface area contributed by atoms with E-state index in [1.165, 1.54) is 35.2 Å². The number of non-ortho nitro benzene ring substituents is 1. The lowest BCUT2D eigenvalue weighted by molar-refractivity contribution is -0.384. The number of benzene rings is 4. The van der Waals surface area contributed by atoms with Crippen molar-refractivity contribution in [2.45, 2.75) is 55.6 Å². The number of amides is 2. The predicted molar refractivity (Wildman–Crippen MR) is 180 cm³/mol. The van der Waals surface area contributed by atoms with E-state index in [4.69, 9.17) is 11.6 Å². The van der Waals surface area contributed by atoms with Crippen LogP contribution in [-0.4, -0.2) is 48.7 Å². The first-order chi connectivity index (χ1) is 22.6. The van der Waals surface area contributed by atoms with Crippen LogP contribution in [0.25, 0.3) is 0 Å². The summed E-state index contributed by atoms with van der Waals surface area (Å²) in [6, 6.07) is 27.8. The highest BCUT2D eigenvalue weighted by atomic mass is 35.5. The maximum Gasteiger partial charge on any atom is 0.271 e. The molecular weight excluding hydrogens is 640 g/mol. The van der Waals surface area contributed by atoms with Crippen molar-refractivity contribution in [1.82, 2.24) is 10.2 Å². The average Bonchev–Trinajstić information content (AvgIpc) is 3.59. The van der Waals surface area contributed by atoms with Crippen molar-refractivity contribution in [3.8, 4) is 0 Å². The molecule has 0 bridgehead atoms. The van der Waals surface area contributed by atoms with Crippen LogP contribution in [0.2, 0.25) is 5.02 Å². The largest absolute Gasteiger partial charge is 0.352 e. The van der Waals surface area contributed by atoms with Gasteiger partial charge in [0.15, 0.2) is 0 Å². The lowest BCUT2D eigenvalue weighted by atomic mass is 10.0. The fourth-order valence-electron chi connectivity index (χ4n) is 5.76. The molecule has 12 heteroatoms. The number of anilines is 1. The summed E-state index contributed by atoms with van der Waals surface area (Å²) in [6.45, 7) is -0.760. The molecule has 0 aliphatic heterocycles. The SMILES string of the molecule is O=C(NC1CCCC1)C(Cc1ccccc1)N(Cc1cccc(Cl)c1)C(=O)CN(c1cccc([N+](=O)[O-])c1)S(=O)(=O)c1ccccc1. The van der Waals surface area contributed by atoms with Crippen LogP contribution in [0.5, 0.6) is 0 Å². The molecule has 1 saturated carbocycles. The van der Waals surface area contributed by atoms with Gasteiger partial charge >= 0.3 is 0 Å². The Kier molecular flexibility index (Phi) is 10.9. The number of nitro benzene ring substituents is 1. The van der Waals surface area contributed by atoms with Crippen LogP contribution in [0.1, 0.15) is 36.8 Å². The fourth-order valence-corrected chi connectivity index (χ4v) is 7.40. The van der Waals surface area contributed by atoms with E-state index in [0.717, 1.165) is 41.6 Å². The Morgan fingerprint density at radius 2 is 1.51 bits per heavy atom. The number of hydrogen-bond acceptors (Lipinski definition) is 6. The molecule has 1 aliphatic rings. The Bertz CT molecular complexity index is 1820. The molecule has 4 aromatic carbocycles. The normalized spacial score (nSPS) is 13.9. The van der Waals surface area contributed by atoms with Gasteiger partial charge in [0.25, 0.3) is 15.7 Å². The first-order valence-electron chi connectivity index (χ1n) is 15.3. The van der Waals surface area contributed by atoms with Gasteiger partial charge in [-0.3, -0.25) is 24.0 Å². The first kappa shape index (κ1) is 33.6. The van der Waals surface area contributed by atoms with E-state index in [1.54, 1.807) is 42.5 Å². The maximum atomic E-state index is 14.6. The summed E-state index contributed by atoms with van der Waals surface area (Å²) >= 11 is 6.30. The van der Waals surface area contributed by atoms with Gasteiger partial charge in [-0.15, -0.1) is 0 Å². The molecule has 47 heavy (non-hydrogen) atoms. The molecule has 4 aromatic rings. The minimum absolute atomic E-state index is 0.0243. The van der Waals surface area contributed by atoms with Gasteiger partial charge in [0.05, 0.1) is 15.5 Å². The highest BCUT2D eigenvalue weighted by Crippen LogP contribution is 2.28. The number of nitro groups is 1. The van der Waals surface area contributed by atoms with Gasteiger partial charge in [-0.2, -0.15) is 0 Å². The molecule has 10 nitrogen and oxygen atoms in total. The van der Waals surface area contributed by atoms with Crippen LogP contribution in [0.4, 0.5) is 11.4 Å². The number of nitrogens with zero attached hydrogens (tertiary/aromatic N) is 3. The zero-order valence-electron chi connectivity index (χ0n) is 25.6. The number of halogens is 1. The van der Waals surface area contributed by atoms with Gasteiger partial charge in [-0.25, -0.2) is 8.42 Å².